The number of rotatable bonds is 2. The van der Waals surface area contributed by atoms with E-state index in [-0.39, 0.29) is 21.2 Å². The second-order valence-corrected chi connectivity index (χ2v) is 7.77. The second kappa shape index (κ2) is 7.32. The Morgan fingerprint density at radius 2 is 1.35 bits per heavy atom. The van der Waals surface area contributed by atoms with Crippen LogP contribution < -0.4 is 0 Å². The number of fused-ring (bicyclic) bond motifs is 3. The molecule has 0 heterocycles. The third kappa shape index (κ3) is 3.22. The van der Waals surface area contributed by atoms with E-state index in [1.807, 2.05) is 36.4 Å². The van der Waals surface area contributed by atoms with Crippen molar-refractivity contribution in [3.8, 4) is 11.1 Å². The molecule has 152 valence electrons. The number of hydrogen-bond acceptors (Lipinski definition) is 4. The van der Waals surface area contributed by atoms with E-state index in [0.717, 1.165) is 41.2 Å². The van der Waals surface area contributed by atoms with Crippen LogP contribution in [0.1, 0.15) is 22.3 Å². The van der Waals surface area contributed by atoms with Crippen LogP contribution in [0.5, 0.6) is 0 Å². The molecule has 4 aromatic rings. The van der Waals surface area contributed by atoms with E-state index in [1.165, 1.54) is 22.3 Å². The van der Waals surface area contributed by atoms with Crippen LogP contribution in [0.3, 0.4) is 0 Å². The summed E-state index contributed by atoms with van der Waals surface area (Å²) in [5.41, 5.74) is 7.50. The summed E-state index contributed by atoms with van der Waals surface area (Å²) in [6, 6.07) is 22.5. The molecular formula is C25H18N2O4. The van der Waals surface area contributed by atoms with Crippen molar-refractivity contribution in [2.24, 2.45) is 0 Å². The molecule has 0 radical (unpaired) electrons. The van der Waals surface area contributed by atoms with Gasteiger partial charge in [0.25, 0.3) is 11.4 Å². The molecule has 0 amide bonds. The van der Waals surface area contributed by atoms with Crippen molar-refractivity contribution in [1.82, 2.24) is 0 Å². The molecule has 2 aliphatic rings. The third-order valence-corrected chi connectivity index (χ3v) is 6.04. The molecule has 0 aromatic heterocycles. The number of non-ortho nitro benzene ring substituents is 2. The predicted molar refractivity (Wildman–Crippen MR) is 119 cm³/mol. The zero-order valence-corrected chi connectivity index (χ0v) is 16.6. The minimum atomic E-state index is -0.344. The normalized spacial score (nSPS) is 12.6. The van der Waals surface area contributed by atoms with Crippen molar-refractivity contribution < 1.29 is 9.85 Å². The smallest absolute Gasteiger partial charge is 0.258 e. The van der Waals surface area contributed by atoms with E-state index in [4.69, 9.17) is 0 Å². The molecular weight excluding hydrogens is 392 g/mol. The highest BCUT2D eigenvalue weighted by Crippen LogP contribution is 2.38. The van der Waals surface area contributed by atoms with Gasteiger partial charge in [-0.25, -0.2) is 0 Å². The molecule has 0 saturated carbocycles. The standard InChI is InChI=1S/C13H9NO2.C12H9NO2/c15-14(16)11-5-6-13-10(8-11)7-9-3-1-2-4-12(9)13;14-13(15)11-7-6-9-5-4-8-2-1-3-10(11)12(8)9/h1-6,8H,7H2;1-3,6-7H,4-5H2. The Hall–Kier alpha value is -4.06. The first-order chi connectivity index (χ1) is 15.0. The molecule has 0 saturated heterocycles. The van der Waals surface area contributed by atoms with E-state index in [9.17, 15) is 20.2 Å². The largest absolute Gasteiger partial charge is 0.277 e. The van der Waals surface area contributed by atoms with Crippen LogP contribution in [0, 0.1) is 20.2 Å². The topological polar surface area (TPSA) is 86.3 Å². The Morgan fingerprint density at radius 1 is 0.645 bits per heavy atom. The first kappa shape index (κ1) is 18.9. The van der Waals surface area contributed by atoms with E-state index in [0.29, 0.717) is 0 Å². The Balaban J connectivity index is 0.000000132. The molecule has 0 aliphatic heterocycles. The SMILES string of the molecule is O=[N+]([O-])c1ccc2c(c1)Cc1ccccc1-2.O=[N+]([O-])c1ccc2c3c(cccc13)CC2. The van der Waals surface area contributed by atoms with Crippen LogP contribution in [0.25, 0.3) is 21.9 Å². The zero-order valence-electron chi connectivity index (χ0n) is 16.6. The summed E-state index contributed by atoms with van der Waals surface area (Å²) in [5, 5.41) is 23.4. The lowest BCUT2D eigenvalue weighted by atomic mass is 10.0. The summed E-state index contributed by atoms with van der Waals surface area (Å²) < 4.78 is 0. The number of aryl methyl sites for hydroxylation is 2. The number of nitro benzene ring substituents is 2. The van der Waals surface area contributed by atoms with Gasteiger partial charge in [-0.05, 0) is 70.2 Å². The van der Waals surface area contributed by atoms with Crippen LogP contribution in [0.4, 0.5) is 11.4 Å². The van der Waals surface area contributed by atoms with Gasteiger partial charge in [-0.1, -0.05) is 42.5 Å². The van der Waals surface area contributed by atoms with Crippen molar-refractivity contribution >= 4 is 22.1 Å². The zero-order chi connectivity index (χ0) is 21.5. The van der Waals surface area contributed by atoms with E-state index in [1.54, 1.807) is 18.2 Å². The lowest BCUT2D eigenvalue weighted by Gasteiger charge is -2.01. The van der Waals surface area contributed by atoms with Crippen LogP contribution in [-0.2, 0) is 19.3 Å². The molecule has 6 heteroatoms. The summed E-state index contributed by atoms with van der Waals surface area (Å²) >= 11 is 0. The molecule has 6 rings (SSSR count). The second-order valence-electron chi connectivity index (χ2n) is 7.77. The average Bonchev–Trinajstić information content (AvgIpc) is 3.36. The molecule has 0 bridgehead atoms. The van der Waals surface area contributed by atoms with Crippen molar-refractivity contribution in [3.63, 3.8) is 0 Å². The van der Waals surface area contributed by atoms with Gasteiger partial charge in [0.1, 0.15) is 0 Å². The first-order valence-corrected chi connectivity index (χ1v) is 10.1. The first-order valence-electron chi connectivity index (χ1n) is 10.1. The molecule has 4 aromatic carbocycles. The number of hydrogen-bond donors (Lipinski definition) is 0. The van der Waals surface area contributed by atoms with Gasteiger partial charge in [-0.3, -0.25) is 20.2 Å². The van der Waals surface area contributed by atoms with E-state index >= 15 is 0 Å². The fraction of sp³-hybridized carbons (Fsp3) is 0.120. The highest BCUT2D eigenvalue weighted by molar-refractivity contribution is 5.97. The van der Waals surface area contributed by atoms with E-state index < -0.39 is 0 Å². The Labute approximate surface area is 178 Å². The Kier molecular flexibility index (Phi) is 4.47. The maximum Gasteiger partial charge on any atom is 0.277 e. The van der Waals surface area contributed by atoms with Crippen LogP contribution in [-0.4, -0.2) is 9.85 Å². The average molecular weight is 410 g/mol. The van der Waals surface area contributed by atoms with Crippen molar-refractivity contribution in [2.75, 3.05) is 0 Å². The van der Waals surface area contributed by atoms with E-state index in [2.05, 4.69) is 18.2 Å². The summed E-state index contributed by atoms with van der Waals surface area (Å²) in [4.78, 5) is 20.9. The van der Waals surface area contributed by atoms with Crippen LogP contribution in [0.2, 0.25) is 0 Å². The predicted octanol–water partition coefficient (Wildman–Crippen LogP) is 6.01. The fourth-order valence-corrected chi connectivity index (χ4v) is 4.64. The highest BCUT2D eigenvalue weighted by Gasteiger charge is 2.21. The fourth-order valence-electron chi connectivity index (χ4n) is 4.64. The summed E-state index contributed by atoms with van der Waals surface area (Å²) in [7, 11) is 0. The summed E-state index contributed by atoms with van der Waals surface area (Å²) in [6.45, 7) is 0. The molecule has 31 heavy (non-hydrogen) atoms. The third-order valence-electron chi connectivity index (χ3n) is 6.04. The minimum absolute atomic E-state index is 0.173. The molecule has 0 fully saturated rings. The minimum Gasteiger partial charge on any atom is -0.258 e. The van der Waals surface area contributed by atoms with Crippen LogP contribution >= 0.6 is 0 Å². The van der Waals surface area contributed by atoms with Gasteiger partial charge >= 0.3 is 0 Å². The van der Waals surface area contributed by atoms with Crippen molar-refractivity contribution in [1.29, 1.82) is 0 Å². The summed E-state index contributed by atoms with van der Waals surface area (Å²) in [6.07, 6.45) is 2.81. The lowest BCUT2D eigenvalue weighted by Crippen LogP contribution is -1.90. The number of benzene rings is 4. The Bertz CT molecular complexity index is 1370. The molecule has 6 nitrogen and oxygen atoms in total. The number of nitro groups is 2. The van der Waals surface area contributed by atoms with Gasteiger partial charge in [0.2, 0.25) is 0 Å². The molecule has 0 N–H and O–H groups in total. The molecule has 0 spiro atoms. The quantitative estimate of drug-likeness (QED) is 0.263. The summed E-state index contributed by atoms with van der Waals surface area (Å²) in [5.74, 6) is 0. The highest BCUT2D eigenvalue weighted by atomic mass is 16.6. The van der Waals surface area contributed by atoms with Gasteiger partial charge in [0.05, 0.1) is 15.2 Å². The van der Waals surface area contributed by atoms with Crippen molar-refractivity contribution in [2.45, 2.75) is 19.3 Å². The van der Waals surface area contributed by atoms with Gasteiger partial charge in [0, 0.05) is 18.2 Å². The Morgan fingerprint density at radius 3 is 2.13 bits per heavy atom. The monoisotopic (exact) mass is 410 g/mol. The van der Waals surface area contributed by atoms with Gasteiger partial charge < -0.3 is 0 Å². The maximum atomic E-state index is 10.9. The van der Waals surface area contributed by atoms with Gasteiger partial charge in [0.15, 0.2) is 0 Å². The molecule has 2 aliphatic carbocycles. The van der Waals surface area contributed by atoms with Crippen molar-refractivity contribution in [3.05, 3.63) is 115 Å². The number of nitrogens with zero attached hydrogens (tertiary/aromatic N) is 2. The lowest BCUT2D eigenvalue weighted by molar-refractivity contribution is -0.384. The van der Waals surface area contributed by atoms with Gasteiger partial charge in [-0.15, -0.1) is 0 Å². The molecule has 0 atom stereocenters. The maximum absolute atomic E-state index is 10.9. The van der Waals surface area contributed by atoms with Crippen LogP contribution in [0.15, 0.2) is 72.8 Å². The van der Waals surface area contributed by atoms with Gasteiger partial charge in [-0.2, -0.15) is 0 Å². The molecule has 0 unspecified atom stereocenters.